The molecule has 5 heteroatoms. The summed E-state index contributed by atoms with van der Waals surface area (Å²) in [6, 6.07) is 6.59. The van der Waals surface area contributed by atoms with Gasteiger partial charge in [-0.05, 0) is 17.7 Å². The summed E-state index contributed by atoms with van der Waals surface area (Å²) < 4.78 is 22.3. The SMILES string of the molecule is CS(=O)(=O)c1ccc(CNCC=O)cc1. The number of nitrogens with one attached hydrogen (secondary N) is 1. The van der Waals surface area contributed by atoms with Gasteiger partial charge in [0.2, 0.25) is 0 Å². The van der Waals surface area contributed by atoms with E-state index in [4.69, 9.17) is 0 Å². The normalized spacial score (nSPS) is 11.3. The molecule has 0 fully saturated rings. The Bertz CT molecular complexity index is 422. The van der Waals surface area contributed by atoms with Crippen molar-refractivity contribution in [2.75, 3.05) is 12.8 Å². The molecule has 1 aromatic rings. The first kappa shape index (κ1) is 11.9. The molecule has 0 amide bonds. The molecule has 0 bridgehead atoms. The van der Waals surface area contributed by atoms with E-state index >= 15 is 0 Å². The second kappa shape index (κ2) is 5.04. The number of carbonyl (C=O) groups is 1. The highest BCUT2D eigenvalue weighted by Crippen LogP contribution is 2.09. The zero-order chi connectivity index (χ0) is 11.3. The van der Waals surface area contributed by atoms with E-state index in [1.807, 2.05) is 0 Å². The molecular formula is C10H13NO3S. The fourth-order valence-corrected chi connectivity index (χ4v) is 1.76. The molecule has 4 nitrogen and oxygen atoms in total. The highest BCUT2D eigenvalue weighted by molar-refractivity contribution is 7.90. The average Bonchev–Trinajstić information content (AvgIpc) is 2.18. The maximum Gasteiger partial charge on any atom is 0.175 e. The molecule has 0 aliphatic rings. The molecule has 0 radical (unpaired) electrons. The molecule has 0 saturated heterocycles. The van der Waals surface area contributed by atoms with E-state index in [2.05, 4.69) is 5.32 Å². The molecule has 1 rings (SSSR count). The molecule has 0 unspecified atom stereocenters. The molecule has 1 aromatic carbocycles. The summed E-state index contributed by atoms with van der Waals surface area (Å²) in [6.45, 7) is 0.858. The first-order valence-electron chi connectivity index (χ1n) is 4.47. The second-order valence-electron chi connectivity index (χ2n) is 3.21. The van der Waals surface area contributed by atoms with Crippen molar-refractivity contribution in [3.8, 4) is 0 Å². The van der Waals surface area contributed by atoms with Crippen molar-refractivity contribution in [2.24, 2.45) is 0 Å². The Morgan fingerprint density at radius 3 is 2.33 bits per heavy atom. The molecule has 0 heterocycles. The number of benzene rings is 1. The lowest BCUT2D eigenvalue weighted by Crippen LogP contribution is -2.15. The first-order valence-corrected chi connectivity index (χ1v) is 6.36. The van der Waals surface area contributed by atoms with Gasteiger partial charge in [-0.2, -0.15) is 0 Å². The smallest absolute Gasteiger partial charge is 0.175 e. The van der Waals surface area contributed by atoms with Crippen molar-refractivity contribution in [1.82, 2.24) is 5.32 Å². The van der Waals surface area contributed by atoms with Crippen molar-refractivity contribution in [3.05, 3.63) is 29.8 Å². The van der Waals surface area contributed by atoms with Crippen molar-refractivity contribution in [1.29, 1.82) is 0 Å². The summed E-state index contributed by atoms with van der Waals surface area (Å²) in [4.78, 5) is 10.3. The Morgan fingerprint density at radius 1 is 1.27 bits per heavy atom. The van der Waals surface area contributed by atoms with Gasteiger partial charge in [0.25, 0.3) is 0 Å². The van der Waals surface area contributed by atoms with Gasteiger partial charge in [0.15, 0.2) is 9.84 Å². The topological polar surface area (TPSA) is 63.2 Å². The third-order valence-corrected chi connectivity index (χ3v) is 3.04. The van der Waals surface area contributed by atoms with Gasteiger partial charge in [-0.15, -0.1) is 0 Å². The summed E-state index contributed by atoms with van der Waals surface area (Å²) in [6.07, 6.45) is 1.96. The van der Waals surface area contributed by atoms with E-state index in [1.165, 1.54) is 6.26 Å². The fourth-order valence-electron chi connectivity index (χ4n) is 1.13. The summed E-state index contributed by atoms with van der Waals surface area (Å²) in [5, 5.41) is 2.89. The number of sulfone groups is 1. The van der Waals surface area contributed by atoms with Crippen LogP contribution in [-0.2, 0) is 21.2 Å². The number of rotatable bonds is 5. The molecule has 82 valence electrons. The quantitative estimate of drug-likeness (QED) is 0.583. The fraction of sp³-hybridized carbons (Fsp3) is 0.300. The standard InChI is InChI=1S/C10H13NO3S/c1-15(13,14)10-4-2-9(3-5-10)8-11-6-7-12/h2-5,7,11H,6,8H2,1H3. The van der Waals surface area contributed by atoms with Crippen LogP contribution in [0.15, 0.2) is 29.2 Å². The van der Waals surface area contributed by atoms with Crippen LogP contribution in [0.3, 0.4) is 0 Å². The Labute approximate surface area is 89.2 Å². The maximum absolute atomic E-state index is 11.1. The largest absolute Gasteiger partial charge is 0.306 e. The van der Waals surface area contributed by atoms with Crippen molar-refractivity contribution >= 4 is 16.1 Å². The predicted octanol–water partition coefficient (Wildman–Crippen LogP) is 0.379. The number of aldehydes is 1. The molecule has 15 heavy (non-hydrogen) atoms. The van der Waals surface area contributed by atoms with Crippen LogP contribution in [0.5, 0.6) is 0 Å². The van der Waals surface area contributed by atoms with Crippen LogP contribution in [0.1, 0.15) is 5.56 Å². The van der Waals surface area contributed by atoms with Crippen LogP contribution in [0.2, 0.25) is 0 Å². The molecule has 0 aliphatic heterocycles. The van der Waals surface area contributed by atoms with Gasteiger partial charge in [0.05, 0.1) is 11.4 Å². The molecule has 0 aromatic heterocycles. The van der Waals surface area contributed by atoms with Crippen LogP contribution < -0.4 is 5.32 Å². The highest BCUT2D eigenvalue weighted by atomic mass is 32.2. The third-order valence-electron chi connectivity index (χ3n) is 1.91. The van der Waals surface area contributed by atoms with Gasteiger partial charge in [0.1, 0.15) is 6.29 Å². The summed E-state index contributed by atoms with van der Waals surface area (Å²) >= 11 is 0. The zero-order valence-corrected chi connectivity index (χ0v) is 9.25. The lowest BCUT2D eigenvalue weighted by Gasteiger charge is -2.02. The number of carbonyl (C=O) groups excluding carboxylic acids is 1. The Hall–Kier alpha value is -1.20. The Balaban J connectivity index is 2.69. The zero-order valence-electron chi connectivity index (χ0n) is 8.43. The monoisotopic (exact) mass is 227 g/mol. The number of hydrogen-bond acceptors (Lipinski definition) is 4. The Kier molecular flexibility index (Phi) is 3.99. The molecule has 0 saturated carbocycles. The minimum Gasteiger partial charge on any atom is -0.306 e. The summed E-state index contributed by atoms with van der Waals surface area (Å²) in [5.74, 6) is 0. The van der Waals surface area contributed by atoms with Crippen LogP contribution in [0, 0.1) is 0 Å². The molecule has 1 N–H and O–H groups in total. The lowest BCUT2D eigenvalue weighted by atomic mass is 10.2. The van der Waals surface area contributed by atoms with E-state index in [9.17, 15) is 13.2 Å². The average molecular weight is 227 g/mol. The van der Waals surface area contributed by atoms with E-state index in [1.54, 1.807) is 24.3 Å². The van der Waals surface area contributed by atoms with Crippen LogP contribution in [0.25, 0.3) is 0 Å². The van der Waals surface area contributed by atoms with Gasteiger partial charge >= 0.3 is 0 Å². The van der Waals surface area contributed by atoms with E-state index < -0.39 is 9.84 Å². The van der Waals surface area contributed by atoms with Gasteiger partial charge in [0, 0.05) is 12.8 Å². The summed E-state index contributed by atoms with van der Waals surface area (Å²) in [5.41, 5.74) is 0.948. The van der Waals surface area contributed by atoms with E-state index in [-0.39, 0.29) is 0 Å². The van der Waals surface area contributed by atoms with Crippen molar-refractivity contribution in [3.63, 3.8) is 0 Å². The van der Waals surface area contributed by atoms with Crippen molar-refractivity contribution in [2.45, 2.75) is 11.4 Å². The minimum absolute atomic E-state index is 0.299. The van der Waals surface area contributed by atoms with Crippen LogP contribution >= 0.6 is 0 Å². The number of hydrogen-bond donors (Lipinski definition) is 1. The van der Waals surface area contributed by atoms with Gasteiger partial charge in [-0.25, -0.2) is 8.42 Å². The molecule has 0 aliphatic carbocycles. The Morgan fingerprint density at radius 2 is 1.87 bits per heavy atom. The van der Waals surface area contributed by atoms with Gasteiger partial charge in [-0.3, -0.25) is 0 Å². The first-order chi connectivity index (χ1) is 7.04. The second-order valence-corrected chi connectivity index (χ2v) is 5.23. The third kappa shape index (κ3) is 3.81. The predicted molar refractivity (Wildman–Crippen MR) is 57.3 cm³/mol. The molecule has 0 spiro atoms. The molecular weight excluding hydrogens is 214 g/mol. The van der Waals surface area contributed by atoms with Crippen LogP contribution in [-0.4, -0.2) is 27.5 Å². The minimum atomic E-state index is -3.12. The van der Waals surface area contributed by atoms with Gasteiger partial charge < -0.3 is 10.1 Å². The van der Waals surface area contributed by atoms with E-state index in [0.717, 1.165) is 11.8 Å². The summed E-state index contributed by atoms with van der Waals surface area (Å²) in [7, 11) is -3.12. The van der Waals surface area contributed by atoms with E-state index in [0.29, 0.717) is 18.0 Å². The van der Waals surface area contributed by atoms with Crippen LogP contribution in [0.4, 0.5) is 0 Å². The lowest BCUT2D eigenvalue weighted by molar-refractivity contribution is -0.107. The van der Waals surface area contributed by atoms with Gasteiger partial charge in [-0.1, -0.05) is 12.1 Å². The molecule has 0 atom stereocenters. The maximum atomic E-state index is 11.1. The highest BCUT2D eigenvalue weighted by Gasteiger charge is 2.05. The van der Waals surface area contributed by atoms with Crippen molar-refractivity contribution < 1.29 is 13.2 Å².